The molecule has 0 rings (SSSR count). The minimum absolute atomic E-state index is 0.212. The van der Waals surface area contributed by atoms with Crippen molar-refractivity contribution in [2.75, 3.05) is 5.88 Å². The highest BCUT2D eigenvalue weighted by molar-refractivity contribution is 6.34. The van der Waals surface area contributed by atoms with Gasteiger partial charge in [-0.15, -0.1) is 34.8 Å². The van der Waals surface area contributed by atoms with E-state index in [1.54, 1.807) is 6.07 Å². The summed E-state index contributed by atoms with van der Waals surface area (Å²) in [5.41, 5.74) is 0. The van der Waals surface area contributed by atoms with Crippen molar-refractivity contribution in [3.05, 3.63) is 0 Å². The zero-order valence-electron chi connectivity index (χ0n) is 3.94. The molecule has 0 aromatic carbocycles. The summed E-state index contributed by atoms with van der Waals surface area (Å²) in [4.78, 5) is 0. The molecular weight excluding hydrogens is 168 g/mol. The largest absolute Gasteiger partial charge is 0.197 e. The molecule has 0 heterocycles. The maximum Gasteiger partial charge on any atom is 0.138 e. The van der Waals surface area contributed by atoms with Crippen LogP contribution in [0.2, 0.25) is 0 Å². The molecule has 0 N–H and O–H groups in total. The Labute approximate surface area is 63.1 Å². The minimum Gasteiger partial charge on any atom is -0.197 e. The van der Waals surface area contributed by atoms with Crippen LogP contribution in [0.5, 0.6) is 0 Å². The second-order valence-electron chi connectivity index (χ2n) is 1.20. The van der Waals surface area contributed by atoms with Gasteiger partial charge < -0.3 is 0 Å². The molecule has 0 fully saturated rings. The first kappa shape index (κ1) is 8.36. The van der Waals surface area contributed by atoms with Crippen LogP contribution >= 0.6 is 34.8 Å². The van der Waals surface area contributed by atoms with Crippen LogP contribution in [0.3, 0.4) is 0 Å². The first-order chi connectivity index (χ1) is 3.72. The van der Waals surface area contributed by atoms with Crippen LogP contribution in [-0.4, -0.2) is 16.6 Å². The zero-order valence-corrected chi connectivity index (χ0v) is 6.21. The molecule has 0 aliphatic carbocycles. The lowest BCUT2D eigenvalue weighted by molar-refractivity contribution is 0.993. The highest BCUT2D eigenvalue weighted by atomic mass is 35.5. The number of hydrogen-bond donors (Lipinski definition) is 0. The predicted octanol–water partition coefficient (Wildman–Crippen LogP) is 1.96. The third-order valence-electron chi connectivity index (χ3n) is 0.588. The number of halogens is 3. The molecule has 0 saturated carbocycles. The molecule has 0 bridgehead atoms. The third-order valence-corrected chi connectivity index (χ3v) is 2.02. The first-order valence-corrected chi connectivity index (χ1v) is 3.36. The quantitative estimate of drug-likeness (QED) is 0.584. The summed E-state index contributed by atoms with van der Waals surface area (Å²) < 4.78 is 0. The van der Waals surface area contributed by atoms with Crippen LogP contribution in [0.25, 0.3) is 0 Å². The van der Waals surface area contributed by atoms with E-state index in [1.165, 1.54) is 0 Å². The minimum atomic E-state index is -0.672. The standard InChI is InChI=1S/C4H4Cl3N/c5-1-3(6)4(7)2-8/h3-4H,1H2/t3-,4+/m1/s1. The van der Waals surface area contributed by atoms with Crippen molar-refractivity contribution in [2.24, 2.45) is 0 Å². The lowest BCUT2D eigenvalue weighted by Crippen LogP contribution is -2.13. The number of nitrogens with zero attached hydrogens (tertiary/aromatic N) is 1. The third kappa shape index (κ3) is 2.61. The average Bonchev–Trinajstić information content (AvgIpc) is 1.84. The molecule has 1 nitrogen and oxygen atoms in total. The normalized spacial score (nSPS) is 16.8. The van der Waals surface area contributed by atoms with E-state index in [0.29, 0.717) is 0 Å². The van der Waals surface area contributed by atoms with Gasteiger partial charge in [0, 0.05) is 5.88 Å². The van der Waals surface area contributed by atoms with E-state index >= 15 is 0 Å². The Balaban J connectivity index is 3.49. The number of rotatable bonds is 2. The van der Waals surface area contributed by atoms with Gasteiger partial charge in [-0.3, -0.25) is 0 Å². The summed E-state index contributed by atoms with van der Waals surface area (Å²) in [6.07, 6.45) is 0. The molecule has 0 radical (unpaired) electrons. The second kappa shape index (κ2) is 4.26. The number of nitriles is 1. The molecule has 4 heteroatoms. The maximum atomic E-state index is 8.11. The lowest BCUT2D eigenvalue weighted by Gasteiger charge is -2.01. The Morgan fingerprint density at radius 2 is 2.00 bits per heavy atom. The summed E-state index contributed by atoms with van der Waals surface area (Å²) in [6, 6.07) is 1.76. The first-order valence-electron chi connectivity index (χ1n) is 1.96. The van der Waals surface area contributed by atoms with E-state index in [9.17, 15) is 0 Å². The van der Waals surface area contributed by atoms with Gasteiger partial charge in [-0.2, -0.15) is 5.26 Å². The molecule has 0 aliphatic heterocycles. The van der Waals surface area contributed by atoms with Crippen molar-refractivity contribution in [1.29, 1.82) is 5.26 Å². The van der Waals surface area contributed by atoms with E-state index in [4.69, 9.17) is 40.1 Å². The Hall–Kier alpha value is 0.360. The van der Waals surface area contributed by atoms with Gasteiger partial charge in [0.05, 0.1) is 11.4 Å². The van der Waals surface area contributed by atoms with Gasteiger partial charge >= 0.3 is 0 Å². The van der Waals surface area contributed by atoms with Gasteiger partial charge in [0.25, 0.3) is 0 Å². The van der Waals surface area contributed by atoms with Gasteiger partial charge in [-0.25, -0.2) is 0 Å². The fourth-order valence-corrected chi connectivity index (χ4v) is 0.574. The van der Waals surface area contributed by atoms with Crippen LogP contribution in [-0.2, 0) is 0 Å². The molecule has 0 aliphatic rings. The number of alkyl halides is 3. The second-order valence-corrected chi connectivity index (χ2v) is 2.54. The van der Waals surface area contributed by atoms with Crippen molar-refractivity contribution in [1.82, 2.24) is 0 Å². The van der Waals surface area contributed by atoms with Crippen molar-refractivity contribution in [2.45, 2.75) is 10.8 Å². The van der Waals surface area contributed by atoms with E-state index in [1.807, 2.05) is 0 Å². The van der Waals surface area contributed by atoms with Crippen LogP contribution in [0.1, 0.15) is 0 Å². The van der Waals surface area contributed by atoms with Crippen molar-refractivity contribution >= 4 is 34.8 Å². The van der Waals surface area contributed by atoms with E-state index in [0.717, 1.165) is 0 Å². The molecule has 0 aromatic heterocycles. The highest BCUT2D eigenvalue weighted by Crippen LogP contribution is 2.09. The SMILES string of the molecule is N#C[C@H](Cl)[C@H](Cl)CCl. The topological polar surface area (TPSA) is 23.8 Å². The fraction of sp³-hybridized carbons (Fsp3) is 0.750. The van der Waals surface area contributed by atoms with E-state index < -0.39 is 10.8 Å². The van der Waals surface area contributed by atoms with Crippen molar-refractivity contribution in [3.63, 3.8) is 0 Å². The van der Waals surface area contributed by atoms with Crippen LogP contribution in [0, 0.1) is 11.3 Å². The highest BCUT2D eigenvalue weighted by Gasteiger charge is 2.13. The monoisotopic (exact) mass is 171 g/mol. The van der Waals surface area contributed by atoms with Crippen LogP contribution in [0.4, 0.5) is 0 Å². The summed E-state index contributed by atoms with van der Waals surface area (Å²) in [5.74, 6) is 0.212. The van der Waals surface area contributed by atoms with Crippen LogP contribution in [0.15, 0.2) is 0 Å². The molecule has 8 heavy (non-hydrogen) atoms. The molecule has 0 saturated heterocycles. The average molecular weight is 172 g/mol. The lowest BCUT2D eigenvalue weighted by atomic mass is 10.3. The van der Waals surface area contributed by atoms with Gasteiger partial charge in [-0.1, -0.05) is 0 Å². The molecule has 0 spiro atoms. The molecule has 0 aromatic rings. The predicted molar refractivity (Wildman–Crippen MR) is 35.6 cm³/mol. The van der Waals surface area contributed by atoms with E-state index in [2.05, 4.69) is 0 Å². The molecule has 0 amide bonds. The zero-order chi connectivity index (χ0) is 6.57. The smallest absolute Gasteiger partial charge is 0.138 e. The summed E-state index contributed by atoms with van der Waals surface area (Å²) in [5, 5.41) is 7.00. The van der Waals surface area contributed by atoms with Gasteiger partial charge in [0.2, 0.25) is 0 Å². The maximum absolute atomic E-state index is 8.11. The van der Waals surface area contributed by atoms with Gasteiger partial charge in [0.1, 0.15) is 5.38 Å². The Morgan fingerprint density at radius 1 is 1.50 bits per heavy atom. The Kier molecular flexibility index (Phi) is 4.45. The molecule has 0 unspecified atom stereocenters. The van der Waals surface area contributed by atoms with E-state index in [-0.39, 0.29) is 5.88 Å². The summed E-state index contributed by atoms with van der Waals surface area (Å²) in [7, 11) is 0. The van der Waals surface area contributed by atoms with Gasteiger partial charge in [-0.05, 0) is 0 Å². The van der Waals surface area contributed by atoms with Crippen molar-refractivity contribution < 1.29 is 0 Å². The molecule has 46 valence electrons. The van der Waals surface area contributed by atoms with Gasteiger partial charge in [0.15, 0.2) is 0 Å². The summed E-state index contributed by atoms with van der Waals surface area (Å²) in [6.45, 7) is 0. The van der Waals surface area contributed by atoms with Crippen molar-refractivity contribution in [3.8, 4) is 6.07 Å². The Morgan fingerprint density at radius 3 is 2.12 bits per heavy atom. The number of hydrogen-bond acceptors (Lipinski definition) is 1. The molecular formula is C4H4Cl3N. The fourth-order valence-electron chi connectivity index (χ4n) is 0.159. The molecule has 2 atom stereocenters. The van der Waals surface area contributed by atoms with Crippen LogP contribution < -0.4 is 0 Å². The Bertz CT molecular complexity index is 97.9. The summed E-state index contributed by atoms with van der Waals surface area (Å²) >= 11 is 16.0.